The van der Waals surface area contributed by atoms with Crippen LogP contribution in [-0.4, -0.2) is 55.5 Å². The predicted molar refractivity (Wildman–Crippen MR) is 151 cm³/mol. The van der Waals surface area contributed by atoms with Gasteiger partial charge in [-0.25, -0.2) is 4.98 Å². The van der Waals surface area contributed by atoms with Crippen molar-refractivity contribution in [2.24, 2.45) is 5.41 Å². The van der Waals surface area contributed by atoms with E-state index in [1.807, 2.05) is 25.1 Å². The average Bonchev–Trinajstić information content (AvgIpc) is 3.37. The van der Waals surface area contributed by atoms with Crippen LogP contribution in [0.25, 0.3) is 22.6 Å². The first-order valence-corrected chi connectivity index (χ1v) is 16.9. The number of hydrogen-bond acceptors (Lipinski definition) is 6. The molecule has 0 aliphatic carbocycles. The highest BCUT2D eigenvalue weighted by Gasteiger charge is 2.43. The van der Waals surface area contributed by atoms with Crippen LogP contribution < -0.4 is 4.74 Å². The van der Waals surface area contributed by atoms with Crippen molar-refractivity contribution >= 4 is 14.0 Å². The molecule has 1 aromatic carbocycles. The molecular formula is C29H38F3N3O4Si. The normalized spacial score (nSPS) is 13.2. The maximum absolute atomic E-state index is 13.7. The number of esters is 1. The Morgan fingerprint density at radius 2 is 1.80 bits per heavy atom. The van der Waals surface area contributed by atoms with E-state index in [0.717, 1.165) is 11.1 Å². The molecule has 1 unspecified atom stereocenters. The molecule has 11 heteroatoms. The van der Waals surface area contributed by atoms with E-state index in [1.165, 1.54) is 13.3 Å². The van der Waals surface area contributed by atoms with Crippen LogP contribution in [0.4, 0.5) is 13.2 Å². The molecule has 3 aromatic rings. The van der Waals surface area contributed by atoms with Crippen LogP contribution in [0.3, 0.4) is 0 Å². The Bertz CT molecular complexity index is 1280. The van der Waals surface area contributed by atoms with Crippen LogP contribution in [-0.2, 0) is 20.7 Å². The maximum Gasteiger partial charge on any atom is 0.420 e. The Labute approximate surface area is 234 Å². The fourth-order valence-electron chi connectivity index (χ4n) is 3.95. The third-order valence-electron chi connectivity index (χ3n) is 6.42. The van der Waals surface area contributed by atoms with Gasteiger partial charge in [0.2, 0.25) is 0 Å². The second-order valence-corrected chi connectivity index (χ2v) is 17.2. The lowest BCUT2D eigenvalue weighted by atomic mass is 9.95. The molecule has 0 saturated heterocycles. The quantitative estimate of drug-likeness (QED) is 0.180. The van der Waals surface area contributed by atoms with Crippen molar-refractivity contribution in [3.63, 3.8) is 0 Å². The minimum atomic E-state index is -4.56. The van der Waals surface area contributed by atoms with Gasteiger partial charge in [0.15, 0.2) is 6.10 Å². The molecule has 0 aliphatic heterocycles. The molecule has 0 fully saturated rings. The van der Waals surface area contributed by atoms with Crippen LogP contribution in [0, 0.1) is 5.41 Å². The zero-order valence-corrected chi connectivity index (χ0v) is 25.1. The summed E-state index contributed by atoms with van der Waals surface area (Å²) >= 11 is 0. The number of methoxy groups -OCH3 is 1. The average molecular weight is 578 g/mol. The smallest absolute Gasteiger partial charge is 0.420 e. The molecule has 2 heterocycles. The number of alkyl halides is 3. The van der Waals surface area contributed by atoms with Gasteiger partial charge in [-0.15, -0.1) is 0 Å². The minimum absolute atomic E-state index is 0.0388. The number of H-pyrrole nitrogens is 1. The summed E-state index contributed by atoms with van der Waals surface area (Å²) in [7, 11) is -0.195. The molecule has 0 spiro atoms. The molecule has 7 nitrogen and oxygen atoms in total. The lowest BCUT2D eigenvalue weighted by Crippen LogP contribution is -2.32. The number of ether oxygens (including phenoxy) is 3. The highest BCUT2D eigenvalue weighted by molar-refractivity contribution is 6.76. The molecule has 0 amide bonds. The Kier molecular flexibility index (Phi) is 9.84. The molecule has 218 valence electrons. The molecule has 0 bridgehead atoms. The number of halogens is 3. The standard InChI is InChI=1S/C29H38F3N3O4Si/c1-8-19-15-21(39-18-28(2,3)27(36)37-4)10-11-22(19)23-12-9-20(16-33-23)26-34-17-24(35-26)25(29(30,31)32)38-13-14-40(5,6)7/h9-12,15-17,25H,8,13-14,18H2,1-7H3,(H,34,35). The molecular weight excluding hydrogens is 539 g/mol. The van der Waals surface area contributed by atoms with Gasteiger partial charge in [-0.05, 0) is 62.2 Å². The number of aromatic amines is 1. The number of hydrogen-bond donors (Lipinski definition) is 1. The van der Waals surface area contributed by atoms with Gasteiger partial charge in [0.1, 0.15) is 18.2 Å². The zero-order chi connectivity index (χ0) is 29.7. The number of benzene rings is 1. The second-order valence-electron chi connectivity index (χ2n) is 11.6. The van der Waals surface area contributed by atoms with E-state index in [0.29, 0.717) is 29.5 Å². The summed E-state index contributed by atoms with van der Waals surface area (Å²) in [5.74, 6) is 0.560. The van der Waals surface area contributed by atoms with Crippen molar-refractivity contribution in [1.82, 2.24) is 15.0 Å². The van der Waals surface area contributed by atoms with E-state index >= 15 is 0 Å². The first kappa shape index (κ1) is 31.3. The van der Waals surface area contributed by atoms with Gasteiger partial charge < -0.3 is 19.2 Å². The number of rotatable bonds is 12. The number of carbonyl (C=O) groups is 1. The van der Waals surface area contributed by atoms with E-state index in [2.05, 4.69) is 34.6 Å². The summed E-state index contributed by atoms with van der Waals surface area (Å²) < 4.78 is 57.2. The van der Waals surface area contributed by atoms with Crippen molar-refractivity contribution in [2.45, 2.75) is 65.2 Å². The Hall–Kier alpha value is -3.18. The van der Waals surface area contributed by atoms with Crippen molar-refractivity contribution in [1.29, 1.82) is 0 Å². The van der Waals surface area contributed by atoms with E-state index in [1.54, 1.807) is 32.2 Å². The summed E-state index contributed by atoms with van der Waals surface area (Å²) in [5, 5.41) is 0. The van der Waals surface area contributed by atoms with E-state index in [9.17, 15) is 18.0 Å². The summed E-state index contributed by atoms with van der Waals surface area (Å²) in [6.45, 7) is 12.0. The number of imidazole rings is 1. The second kappa shape index (κ2) is 12.6. The molecule has 0 radical (unpaired) electrons. The first-order valence-electron chi connectivity index (χ1n) is 13.2. The van der Waals surface area contributed by atoms with Crippen molar-refractivity contribution < 1.29 is 32.2 Å². The lowest BCUT2D eigenvalue weighted by Gasteiger charge is -2.22. The number of nitrogens with zero attached hydrogens (tertiary/aromatic N) is 2. The lowest BCUT2D eigenvalue weighted by molar-refractivity contribution is -0.223. The van der Waals surface area contributed by atoms with Crippen molar-refractivity contribution in [2.75, 3.05) is 20.3 Å². The number of aromatic nitrogens is 3. The van der Waals surface area contributed by atoms with Crippen LogP contribution in [0.15, 0.2) is 42.7 Å². The summed E-state index contributed by atoms with van der Waals surface area (Å²) in [6.07, 6.45) is -3.16. The fourth-order valence-corrected chi connectivity index (χ4v) is 4.68. The molecule has 3 rings (SSSR count). The SMILES string of the molecule is CCc1cc(OCC(C)(C)C(=O)OC)ccc1-c1ccc(-c2ncc(C(OCC[Si](C)(C)C)C(F)(F)F)[nH]2)cn1. The summed E-state index contributed by atoms with van der Waals surface area (Å²) in [4.78, 5) is 23.4. The zero-order valence-electron chi connectivity index (χ0n) is 24.1. The molecule has 1 atom stereocenters. The topological polar surface area (TPSA) is 86.3 Å². The van der Waals surface area contributed by atoms with Crippen LogP contribution >= 0.6 is 0 Å². The van der Waals surface area contributed by atoms with Gasteiger partial charge in [0, 0.05) is 32.0 Å². The largest absolute Gasteiger partial charge is 0.492 e. The van der Waals surface area contributed by atoms with Crippen LogP contribution in [0.5, 0.6) is 5.75 Å². The summed E-state index contributed by atoms with van der Waals surface area (Å²) in [6, 6.07) is 9.83. The van der Waals surface area contributed by atoms with Crippen LogP contribution in [0.2, 0.25) is 25.7 Å². The Morgan fingerprint density at radius 1 is 1.07 bits per heavy atom. The molecule has 0 aliphatic rings. The fraction of sp³-hybridized carbons (Fsp3) is 0.483. The van der Waals surface area contributed by atoms with E-state index in [-0.39, 0.29) is 30.7 Å². The third-order valence-corrected chi connectivity index (χ3v) is 8.12. The van der Waals surface area contributed by atoms with Crippen molar-refractivity contribution in [3.05, 3.63) is 54.0 Å². The number of nitrogens with one attached hydrogen (secondary N) is 1. The number of pyridine rings is 1. The number of aryl methyl sites for hydroxylation is 1. The maximum atomic E-state index is 13.7. The van der Waals surface area contributed by atoms with E-state index < -0.39 is 25.8 Å². The third kappa shape index (κ3) is 8.17. The predicted octanol–water partition coefficient (Wildman–Crippen LogP) is 7.24. The van der Waals surface area contributed by atoms with Gasteiger partial charge in [-0.3, -0.25) is 9.78 Å². The highest BCUT2D eigenvalue weighted by atomic mass is 28.3. The van der Waals surface area contributed by atoms with Gasteiger partial charge in [-0.1, -0.05) is 26.6 Å². The van der Waals surface area contributed by atoms with Gasteiger partial charge in [0.25, 0.3) is 0 Å². The van der Waals surface area contributed by atoms with E-state index in [4.69, 9.17) is 14.2 Å². The first-order chi connectivity index (χ1) is 18.6. The summed E-state index contributed by atoms with van der Waals surface area (Å²) in [5.41, 5.74) is 2.24. The number of carbonyl (C=O) groups excluding carboxylic acids is 1. The van der Waals surface area contributed by atoms with Crippen molar-refractivity contribution in [3.8, 4) is 28.4 Å². The molecule has 40 heavy (non-hydrogen) atoms. The molecule has 1 N–H and O–H groups in total. The molecule has 2 aromatic heterocycles. The highest BCUT2D eigenvalue weighted by Crippen LogP contribution is 2.36. The van der Waals surface area contributed by atoms with Gasteiger partial charge in [-0.2, -0.15) is 13.2 Å². The van der Waals surface area contributed by atoms with Gasteiger partial charge in [0.05, 0.1) is 30.1 Å². The molecule has 0 saturated carbocycles. The van der Waals surface area contributed by atoms with Crippen LogP contribution in [0.1, 0.15) is 38.1 Å². The monoisotopic (exact) mass is 577 g/mol. The minimum Gasteiger partial charge on any atom is -0.492 e. The Morgan fingerprint density at radius 3 is 2.38 bits per heavy atom. The van der Waals surface area contributed by atoms with Gasteiger partial charge >= 0.3 is 12.1 Å². The Balaban J connectivity index is 1.76.